The normalized spacial score (nSPS) is 10.1. The van der Waals surface area contributed by atoms with E-state index in [-0.39, 0.29) is 6.61 Å². The zero-order valence-electron chi connectivity index (χ0n) is 13.6. The molecule has 0 bridgehead atoms. The summed E-state index contributed by atoms with van der Waals surface area (Å²) in [5.74, 6) is -0.175. The van der Waals surface area contributed by atoms with Crippen molar-refractivity contribution < 1.29 is 19.1 Å². The molecule has 1 N–H and O–H groups in total. The van der Waals surface area contributed by atoms with Gasteiger partial charge in [-0.05, 0) is 49.6 Å². The Morgan fingerprint density at radius 1 is 1.08 bits per heavy atom. The number of anilines is 1. The molecule has 5 nitrogen and oxygen atoms in total. The molecular weight excluding hydrogens is 326 g/mol. The average Bonchev–Trinajstić information content (AvgIpc) is 2.61. The third kappa shape index (κ3) is 5.03. The fourth-order valence-corrected chi connectivity index (χ4v) is 2.61. The molecule has 0 fully saturated rings. The number of esters is 1. The number of nitrogens with one attached hydrogen (secondary N) is 1. The molecule has 0 radical (unpaired) electrons. The highest BCUT2D eigenvalue weighted by Crippen LogP contribution is 2.20. The van der Waals surface area contributed by atoms with Crippen molar-refractivity contribution in [3.8, 4) is 5.75 Å². The Bertz CT molecular complexity index is 700. The third-order valence-corrected chi connectivity index (χ3v) is 3.91. The van der Waals surface area contributed by atoms with E-state index in [9.17, 15) is 9.59 Å². The summed E-state index contributed by atoms with van der Waals surface area (Å²) in [4.78, 5) is 24.8. The van der Waals surface area contributed by atoms with Crippen molar-refractivity contribution >= 4 is 29.3 Å². The van der Waals surface area contributed by atoms with Gasteiger partial charge in [0.25, 0.3) is 5.91 Å². The summed E-state index contributed by atoms with van der Waals surface area (Å²) in [6.45, 7) is 2.15. The minimum Gasteiger partial charge on any atom is -0.494 e. The van der Waals surface area contributed by atoms with Crippen LogP contribution in [0.3, 0.4) is 0 Å². The predicted molar refractivity (Wildman–Crippen MR) is 94.7 cm³/mol. The van der Waals surface area contributed by atoms with Gasteiger partial charge in [-0.3, -0.25) is 4.79 Å². The molecule has 0 aliphatic rings. The van der Waals surface area contributed by atoms with E-state index in [1.54, 1.807) is 36.4 Å². The van der Waals surface area contributed by atoms with E-state index in [0.29, 0.717) is 17.9 Å². The molecule has 0 aromatic heterocycles. The van der Waals surface area contributed by atoms with Gasteiger partial charge in [-0.25, -0.2) is 4.79 Å². The summed E-state index contributed by atoms with van der Waals surface area (Å²) in [5, 5.41) is 2.67. The number of thioether (sulfide) groups is 1. The zero-order chi connectivity index (χ0) is 17.4. The Hall–Kier alpha value is -2.47. The molecular formula is C18H19NO4S. The van der Waals surface area contributed by atoms with Crippen molar-refractivity contribution in [3.63, 3.8) is 0 Å². The van der Waals surface area contributed by atoms with Gasteiger partial charge in [0.2, 0.25) is 0 Å². The Labute approximate surface area is 145 Å². The molecule has 24 heavy (non-hydrogen) atoms. The van der Waals surface area contributed by atoms with Crippen molar-refractivity contribution in [2.75, 3.05) is 24.8 Å². The summed E-state index contributed by atoms with van der Waals surface area (Å²) >= 11 is 1.45. The van der Waals surface area contributed by atoms with Crippen molar-refractivity contribution in [3.05, 3.63) is 54.1 Å². The Balaban J connectivity index is 1.87. The van der Waals surface area contributed by atoms with Gasteiger partial charge in [-0.1, -0.05) is 12.1 Å². The lowest BCUT2D eigenvalue weighted by Gasteiger charge is -2.09. The number of carbonyl (C=O) groups excluding carboxylic acids is 2. The van der Waals surface area contributed by atoms with Gasteiger partial charge in [0.05, 0.1) is 12.2 Å². The van der Waals surface area contributed by atoms with E-state index in [0.717, 1.165) is 10.6 Å². The molecule has 1 amide bonds. The molecule has 0 spiro atoms. The lowest BCUT2D eigenvalue weighted by Crippen LogP contribution is -2.21. The molecule has 0 saturated heterocycles. The topological polar surface area (TPSA) is 64.6 Å². The van der Waals surface area contributed by atoms with E-state index < -0.39 is 11.9 Å². The van der Waals surface area contributed by atoms with Crippen LogP contribution in [0.15, 0.2) is 53.4 Å². The Morgan fingerprint density at radius 3 is 2.46 bits per heavy atom. The lowest BCUT2D eigenvalue weighted by molar-refractivity contribution is -0.119. The Kier molecular flexibility index (Phi) is 6.69. The van der Waals surface area contributed by atoms with E-state index in [4.69, 9.17) is 9.47 Å². The van der Waals surface area contributed by atoms with Crippen molar-refractivity contribution in [1.29, 1.82) is 0 Å². The molecule has 2 rings (SSSR count). The molecule has 126 valence electrons. The molecule has 0 atom stereocenters. The maximum absolute atomic E-state index is 12.1. The van der Waals surface area contributed by atoms with Crippen LogP contribution < -0.4 is 10.1 Å². The second kappa shape index (κ2) is 8.98. The van der Waals surface area contributed by atoms with Crippen molar-refractivity contribution in [2.24, 2.45) is 0 Å². The van der Waals surface area contributed by atoms with Crippen LogP contribution in [-0.2, 0) is 9.53 Å². The van der Waals surface area contributed by atoms with Crippen LogP contribution >= 0.6 is 11.8 Å². The van der Waals surface area contributed by atoms with Crippen molar-refractivity contribution in [2.45, 2.75) is 11.8 Å². The quantitative estimate of drug-likeness (QED) is 0.613. The minimum absolute atomic E-state index is 0.339. The summed E-state index contributed by atoms with van der Waals surface area (Å²) in [5.41, 5.74) is 1.07. The first-order chi connectivity index (χ1) is 11.6. The summed E-state index contributed by atoms with van der Waals surface area (Å²) in [7, 11) is 0. The highest BCUT2D eigenvalue weighted by atomic mass is 32.2. The van der Waals surface area contributed by atoms with Crippen LogP contribution in [0.1, 0.15) is 17.3 Å². The number of carbonyl (C=O) groups is 2. The average molecular weight is 345 g/mol. The summed E-state index contributed by atoms with van der Waals surface area (Å²) in [6.07, 6.45) is 1.88. The molecule has 0 aliphatic carbocycles. The van der Waals surface area contributed by atoms with Crippen LogP contribution in [0.4, 0.5) is 5.69 Å². The van der Waals surface area contributed by atoms with Gasteiger partial charge in [0, 0.05) is 10.6 Å². The third-order valence-electron chi connectivity index (χ3n) is 3.11. The lowest BCUT2D eigenvalue weighted by atomic mass is 10.2. The fourth-order valence-electron chi connectivity index (χ4n) is 2.02. The predicted octanol–water partition coefficient (Wildman–Crippen LogP) is 3.60. The monoisotopic (exact) mass is 345 g/mol. The standard InChI is InChI=1S/C18H19NO4S/c1-3-22-14-10-8-13(9-11-14)19-17(20)12-23-18(21)15-6-4-5-7-16(15)24-2/h4-11H,3,12H2,1-2H3,(H,19,20). The maximum Gasteiger partial charge on any atom is 0.339 e. The minimum atomic E-state index is -0.512. The van der Waals surface area contributed by atoms with Crippen LogP contribution in [-0.4, -0.2) is 31.3 Å². The molecule has 2 aromatic carbocycles. The second-order valence-electron chi connectivity index (χ2n) is 4.78. The highest BCUT2D eigenvalue weighted by molar-refractivity contribution is 7.98. The van der Waals surface area contributed by atoms with Crippen LogP contribution in [0.2, 0.25) is 0 Å². The van der Waals surface area contributed by atoms with Crippen LogP contribution in [0, 0.1) is 0 Å². The number of rotatable bonds is 7. The molecule has 2 aromatic rings. The van der Waals surface area contributed by atoms with Gasteiger partial charge in [-0.15, -0.1) is 11.8 Å². The molecule has 0 saturated carbocycles. The first-order valence-corrected chi connectivity index (χ1v) is 8.69. The number of hydrogen-bond donors (Lipinski definition) is 1. The first-order valence-electron chi connectivity index (χ1n) is 7.47. The number of benzene rings is 2. The van der Waals surface area contributed by atoms with Crippen LogP contribution in [0.5, 0.6) is 5.75 Å². The zero-order valence-corrected chi connectivity index (χ0v) is 14.4. The van der Waals surface area contributed by atoms with E-state index >= 15 is 0 Å². The SMILES string of the molecule is CCOc1ccc(NC(=O)COC(=O)c2ccccc2SC)cc1. The van der Waals surface area contributed by atoms with Gasteiger partial charge in [0.1, 0.15) is 5.75 Å². The van der Waals surface area contributed by atoms with Gasteiger partial charge in [-0.2, -0.15) is 0 Å². The number of amides is 1. The molecule has 0 heterocycles. The fraction of sp³-hybridized carbons (Fsp3) is 0.222. The Morgan fingerprint density at radius 2 is 1.79 bits per heavy atom. The number of hydrogen-bond acceptors (Lipinski definition) is 5. The molecule has 6 heteroatoms. The van der Waals surface area contributed by atoms with E-state index in [1.807, 2.05) is 25.3 Å². The molecule has 0 unspecified atom stereocenters. The van der Waals surface area contributed by atoms with E-state index in [2.05, 4.69) is 5.32 Å². The van der Waals surface area contributed by atoms with Gasteiger partial charge < -0.3 is 14.8 Å². The smallest absolute Gasteiger partial charge is 0.339 e. The van der Waals surface area contributed by atoms with Crippen molar-refractivity contribution in [1.82, 2.24) is 0 Å². The summed E-state index contributed by atoms with van der Waals surface area (Å²) < 4.78 is 10.4. The molecule has 0 aliphatic heterocycles. The highest BCUT2D eigenvalue weighted by Gasteiger charge is 2.13. The maximum atomic E-state index is 12.1. The summed E-state index contributed by atoms with van der Waals surface area (Å²) in [6, 6.07) is 14.1. The number of ether oxygens (including phenoxy) is 2. The first kappa shape index (κ1) is 17.9. The van der Waals surface area contributed by atoms with Gasteiger partial charge >= 0.3 is 5.97 Å². The van der Waals surface area contributed by atoms with Crippen LogP contribution in [0.25, 0.3) is 0 Å². The van der Waals surface area contributed by atoms with E-state index in [1.165, 1.54) is 11.8 Å². The second-order valence-corrected chi connectivity index (χ2v) is 5.63. The largest absolute Gasteiger partial charge is 0.494 e. The van der Waals surface area contributed by atoms with Gasteiger partial charge in [0.15, 0.2) is 6.61 Å².